The Hall–Kier alpha value is -0.730. The van der Waals surface area contributed by atoms with Crippen LogP contribution in [-0.4, -0.2) is 43.0 Å². The Balaban J connectivity index is 2.46. The van der Waals surface area contributed by atoms with E-state index in [2.05, 4.69) is 20.8 Å². The summed E-state index contributed by atoms with van der Waals surface area (Å²) in [4.78, 5) is 15.4. The smallest absolute Gasteiger partial charge is 0.319 e. The summed E-state index contributed by atoms with van der Waals surface area (Å²) in [5, 5.41) is 0. The van der Waals surface area contributed by atoms with Crippen molar-refractivity contribution in [2.24, 2.45) is 11.3 Å². The van der Waals surface area contributed by atoms with E-state index in [1.165, 1.54) is 25.7 Å². The van der Waals surface area contributed by atoms with Gasteiger partial charge in [-0.25, -0.2) is 4.79 Å². The largest absolute Gasteiger partial charge is 0.331 e. The number of carbonyl (C=O) groups is 1. The second kappa shape index (κ2) is 5.74. The molecule has 1 unspecified atom stereocenters. The zero-order valence-corrected chi connectivity index (χ0v) is 12.1. The number of hydrogen-bond donors (Lipinski definition) is 0. The highest BCUT2D eigenvalue weighted by molar-refractivity contribution is 5.74. The van der Waals surface area contributed by atoms with Gasteiger partial charge in [-0.1, -0.05) is 40.0 Å². The molecule has 1 fully saturated rings. The minimum Gasteiger partial charge on any atom is -0.331 e. The van der Waals surface area contributed by atoms with Gasteiger partial charge < -0.3 is 9.80 Å². The van der Waals surface area contributed by atoms with Gasteiger partial charge in [0.1, 0.15) is 0 Å². The Morgan fingerprint density at radius 2 is 1.94 bits per heavy atom. The van der Waals surface area contributed by atoms with Crippen molar-refractivity contribution in [3.63, 3.8) is 0 Å². The highest BCUT2D eigenvalue weighted by Crippen LogP contribution is 2.41. The van der Waals surface area contributed by atoms with E-state index in [-0.39, 0.29) is 6.03 Å². The molecule has 1 atom stereocenters. The summed E-state index contributed by atoms with van der Waals surface area (Å²) in [5.41, 5.74) is 0.430. The molecule has 1 rings (SSSR count). The summed E-state index contributed by atoms with van der Waals surface area (Å²) >= 11 is 0. The molecule has 2 amide bonds. The van der Waals surface area contributed by atoms with Crippen molar-refractivity contribution >= 4 is 6.03 Å². The Morgan fingerprint density at radius 1 is 1.35 bits per heavy atom. The van der Waals surface area contributed by atoms with Crippen molar-refractivity contribution in [2.45, 2.75) is 46.5 Å². The zero-order valence-electron chi connectivity index (χ0n) is 12.1. The lowest BCUT2D eigenvalue weighted by atomic mass is 9.68. The van der Waals surface area contributed by atoms with E-state index < -0.39 is 0 Å². The third-order valence-electron chi connectivity index (χ3n) is 4.43. The summed E-state index contributed by atoms with van der Waals surface area (Å²) < 4.78 is 0. The van der Waals surface area contributed by atoms with Crippen LogP contribution in [-0.2, 0) is 0 Å². The van der Waals surface area contributed by atoms with Crippen LogP contribution in [0.5, 0.6) is 0 Å². The number of carbonyl (C=O) groups excluding carboxylic acids is 1. The van der Waals surface area contributed by atoms with Crippen LogP contribution in [0.3, 0.4) is 0 Å². The molecule has 0 N–H and O–H groups in total. The molecule has 17 heavy (non-hydrogen) atoms. The van der Waals surface area contributed by atoms with E-state index in [1.54, 1.807) is 4.90 Å². The molecule has 0 spiro atoms. The van der Waals surface area contributed by atoms with Gasteiger partial charge in [0.2, 0.25) is 0 Å². The number of amides is 2. The summed E-state index contributed by atoms with van der Waals surface area (Å²) in [6.07, 6.45) is 5.10. The van der Waals surface area contributed by atoms with Crippen LogP contribution in [0.4, 0.5) is 4.79 Å². The third-order valence-corrected chi connectivity index (χ3v) is 4.43. The first-order chi connectivity index (χ1) is 7.94. The Bertz CT molecular complexity index is 259. The van der Waals surface area contributed by atoms with Crippen LogP contribution >= 0.6 is 0 Å². The molecule has 1 aliphatic rings. The van der Waals surface area contributed by atoms with E-state index in [1.807, 2.05) is 19.0 Å². The maximum Gasteiger partial charge on any atom is 0.319 e. The predicted octanol–water partition coefficient (Wildman–Crippen LogP) is 3.21. The van der Waals surface area contributed by atoms with Gasteiger partial charge in [0.25, 0.3) is 0 Å². The van der Waals surface area contributed by atoms with Gasteiger partial charge in [0.15, 0.2) is 0 Å². The molecular weight excluding hydrogens is 212 g/mol. The first kappa shape index (κ1) is 14.3. The molecule has 1 heterocycles. The second-order valence-corrected chi connectivity index (χ2v) is 5.89. The average Bonchev–Trinajstić information content (AvgIpc) is 2.24. The van der Waals surface area contributed by atoms with E-state index >= 15 is 0 Å². The standard InChI is InChI=1S/C14H28N2O/c1-6-8-9-14(3,7-2)12-10-16(11-12)13(17)15(4)5/h12H,6-11H2,1-5H3. The molecule has 0 aromatic rings. The van der Waals surface area contributed by atoms with E-state index in [4.69, 9.17) is 0 Å². The summed E-state index contributed by atoms with van der Waals surface area (Å²) in [5.74, 6) is 0.697. The molecule has 0 aromatic carbocycles. The summed E-state index contributed by atoms with van der Waals surface area (Å²) in [7, 11) is 3.65. The highest BCUT2D eigenvalue weighted by atomic mass is 16.2. The topological polar surface area (TPSA) is 23.6 Å². The number of unbranched alkanes of at least 4 members (excludes halogenated alkanes) is 1. The third kappa shape index (κ3) is 3.14. The van der Waals surface area contributed by atoms with Gasteiger partial charge in [0.05, 0.1) is 0 Å². The molecular formula is C14H28N2O. The van der Waals surface area contributed by atoms with Gasteiger partial charge >= 0.3 is 6.03 Å². The lowest BCUT2D eigenvalue weighted by Gasteiger charge is -2.49. The van der Waals surface area contributed by atoms with Gasteiger partial charge in [-0.15, -0.1) is 0 Å². The fourth-order valence-electron chi connectivity index (χ4n) is 2.61. The molecule has 0 saturated carbocycles. The van der Waals surface area contributed by atoms with Crippen LogP contribution in [0.1, 0.15) is 46.5 Å². The van der Waals surface area contributed by atoms with Crippen molar-refractivity contribution in [1.29, 1.82) is 0 Å². The quantitative estimate of drug-likeness (QED) is 0.724. The minimum atomic E-state index is 0.162. The van der Waals surface area contributed by atoms with Gasteiger partial charge in [-0.2, -0.15) is 0 Å². The monoisotopic (exact) mass is 240 g/mol. The van der Waals surface area contributed by atoms with Crippen LogP contribution < -0.4 is 0 Å². The second-order valence-electron chi connectivity index (χ2n) is 5.89. The Morgan fingerprint density at radius 3 is 2.35 bits per heavy atom. The number of likely N-dealkylation sites (tertiary alicyclic amines) is 1. The number of rotatable bonds is 5. The fourth-order valence-corrected chi connectivity index (χ4v) is 2.61. The molecule has 1 saturated heterocycles. The van der Waals surface area contributed by atoms with E-state index in [0.717, 1.165) is 13.1 Å². The lowest BCUT2D eigenvalue weighted by molar-refractivity contribution is 0.0143. The molecule has 100 valence electrons. The van der Waals surface area contributed by atoms with E-state index in [9.17, 15) is 4.79 Å². The van der Waals surface area contributed by atoms with Crippen molar-refractivity contribution in [1.82, 2.24) is 9.80 Å². The summed E-state index contributed by atoms with van der Waals surface area (Å²) in [6, 6.07) is 0.162. The number of nitrogens with zero attached hydrogens (tertiary/aromatic N) is 2. The number of urea groups is 1. The first-order valence-corrected chi connectivity index (χ1v) is 6.90. The lowest BCUT2D eigenvalue weighted by Crippen LogP contribution is -2.58. The van der Waals surface area contributed by atoms with Gasteiger partial charge in [-0.3, -0.25) is 0 Å². The maximum absolute atomic E-state index is 11.8. The van der Waals surface area contributed by atoms with Crippen LogP contribution in [0.15, 0.2) is 0 Å². The summed E-state index contributed by atoms with van der Waals surface area (Å²) in [6.45, 7) is 8.83. The van der Waals surface area contributed by atoms with Crippen molar-refractivity contribution in [2.75, 3.05) is 27.2 Å². The first-order valence-electron chi connectivity index (χ1n) is 6.90. The van der Waals surface area contributed by atoms with Gasteiger partial charge in [-0.05, 0) is 17.8 Å². The number of hydrogen-bond acceptors (Lipinski definition) is 1. The minimum absolute atomic E-state index is 0.162. The Kier molecular flexibility index (Phi) is 4.84. The van der Waals surface area contributed by atoms with Crippen molar-refractivity contribution < 1.29 is 4.79 Å². The molecule has 1 aliphatic heterocycles. The maximum atomic E-state index is 11.8. The molecule has 3 nitrogen and oxygen atoms in total. The van der Waals surface area contributed by atoms with Gasteiger partial charge in [0, 0.05) is 27.2 Å². The SMILES string of the molecule is CCCCC(C)(CC)C1CN(C(=O)N(C)C)C1. The molecule has 0 aliphatic carbocycles. The van der Waals surface area contributed by atoms with Crippen LogP contribution in [0.25, 0.3) is 0 Å². The molecule has 0 bridgehead atoms. The van der Waals surface area contributed by atoms with Crippen molar-refractivity contribution in [3.8, 4) is 0 Å². The Labute approximate surface area is 106 Å². The zero-order chi connectivity index (χ0) is 13.1. The molecule has 0 radical (unpaired) electrons. The fraction of sp³-hybridized carbons (Fsp3) is 0.929. The van der Waals surface area contributed by atoms with Crippen LogP contribution in [0, 0.1) is 11.3 Å². The average molecular weight is 240 g/mol. The highest BCUT2D eigenvalue weighted by Gasteiger charge is 2.42. The normalized spacial score (nSPS) is 19.7. The molecule has 3 heteroatoms. The van der Waals surface area contributed by atoms with E-state index in [0.29, 0.717) is 11.3 Å². The molecule has 0 aromatic heterocycles. The van der Waals surface area contributed by atoms with Crippen LogP contribution in [0.2, 0.25) is 0 Å². The predicted molar refractivity (Wildman–Crippen MR) is 72.1 cm³/mol. The van der Waals surface area contributed by atoms with Crippen molar-refractivity contribution in [3.05, 3.63) is 0 Å².